The number of phenolic OH excluding ortho intramolecular Hbond substituents is 1. The van der Waals surface area contributed by atoms with E-state index in [0.29, 0.717) is 32.3 Å². The predicted octanol–water partition coefficient (Wildman–Crippen LogP) is 4.48. The van der Waals surface area contributed by atoms with Crippen molar-refractivity contribution >= 4 is 50.0 Å². The molecule has 0 aliphatic heterocycles. The number of nitrogens with one attached hydrogen (secondary N) is 4. The number of benzene rings is 3. The maximum Gasteiger partial charge on any atom is 0.439 e. The first-order chi connectivity index (χ1) is 16.9. The summed E-state index contributed by atoms with van der Waals surface area (Å²) in [5.74, 6) is -1.63. The van der Waals surface area contributed by atoms with E-state index in [4.69, 9.17) is 0 Å². The Labute approximate surface area is 205 Å². The highest BCUT2D eigenvalue weighted by Gasteiger charge is 2.18. The number of carbonyl (C=O) groups is 2. The molecule has 0 fully saturated rings. The first-order valence-electron chi connectivity index (χ1n) is 10.3. The number of anilines is 2. The normalized spacial score (nSPS) is 10.9. The number of hydrogen-bond acceptors (Lipinski definition) is 6. The molecule has 0 saturated carbocycles. The van der Waals surface area contributed by atoms with Crippen LogP contribution in [0.2, 0.25) is 0 Å². The molecule has 35 heavy (non-hydrogen) atoms. The molecule has 5 aromatic rings. The minimum atomic E-state index is -0.716. The lowest BCUT2D eigenvalue weighted by Gasteiger charge is -2.09. The van der Waals surface area contributed by atoms with Crippen molar-refractivity contribution in [2.75, 3.05) is 10.6 Å². The highest BCUT2D eigenvalue weighted by molar-refractivity contribution is 9.10. The Bertz CT molecular complexity index is 1650. The molecule has 10 nitrogen and oxygen atoms in total. The Morgan fingerprint density at radius 2 is 1.71 bits per heavy atom. The zero-order valence-electron chi connectivity index (χ0n) is 17.8. The first-order valence-corrected chi connectivity index (χ1v) is 11.1. The van der Waals surface area contributed by atoms with Gasteiger partial charge in [-0.2, -0.15) is 0 Å². The number of phenols is 1. The van der Waals surface area contributed by atoms with Crippen LogP contribution in [0.25, 0.3) is 22.3 Å². The van der Waals surface area contributed by atoms with Gasteiger partial charge in [0, 0.05) is 15.4 Å². The summed E-state index contributed by atoms with van der Waals surface area (Å²) < 4.78 is 5.29. The number of H-pyrrole nitrogens is 2. The lowest BCUT2D eigenvalue weighted by molar-refractivity contribution is 0.101. The van der Waals surface area contributed by atoms with Crippen LogP contribution in [0.3, 0.4) is 0 Å². The van der Waals surface area contributed by atoms with Crippen molar-refractivity contribution < 1.29 is 19.2 Å². The van der Waals surface area contributed by atoms with Gasteiger partial charge in [0.1, 0.15) is 11.4 Å². The van der Waals surface area contributed by atoms with Crippen molar-refractivity contribution in [2.24, 2.45) is 0 Å². The SMILES string of the molecule is O=C(Nc1ccc(Br)cc1-c1noc(=O)[nH]1)c1cc2cccc(NC(=O)c3ccccc3O)c2[nH]1. The van der Waals surface area contributed by atoms with Crippen molar-refractivity contribution in [1.29, 1.82) is 0 Å². The van der Waals surface area contributed by atoms with E-state index in [2.05, 4.69) is 46.2 Å². The minimum absolute atomic E-state index is 0.127. The molecule has 5 rings (SSSR count). The van der Waals surface area contributed by atoms with Gasteiger partial charge in [-0.25, -0.2) is 4.79 Å². The van der Waals surface area contributed by atoms with Crippen LogP contribution >= 0.6 is 15.9 Å². The standard InChI is InChI=1S/C24H16BrN5O5/c25-13-8-9-16(15(11-13)21-29-24(34)35-30-21)27-23(33)18-10-12-4-3-6-17(20(12)26-18)28-22(32)14-5-1-2-7-19(14)31/h1-11,26,31H,(H,27,33)(H,28,32)(H,29,30,34). The monoisotopic (exact) mass is 533 g/mol. The molecule has 2 amide bonds. The van der Waals surface area contributed by atoms with Gasteiger partial charge in [-0.1, -0.05) is 45.4 Å². The van der Waals surface area contributed by atoms with Crippen LogP contribution in [0.15, 0.2) is 80.5 Å². The van der Waals surface area contributed by atoms with Crippen LogP contribution in [0.1, 0.15) is 20.8 Å². The number of amides is 2. The predicted molar refractivity (Wildman–Crippen MR) is 133 cm³/mol. The molecule has 2 heterocycles. The molecule has 0 spiro atoms. The highest BCUT2D eigenvalue weighted by Crippen LogP contribution is 2.30. The average Bonchev–Trinajstić information content (AvgIpc) is 3.47. The van der Waals surface area contributed by atoms with Gasteiger partial charge in [0.25, 0.3) is 11.8 Å². The molecule has 174 valence electrons. The summed E-state index contributed by atoms with van der Waals surface area (Å²) in [6, 6.07) is 18.2. The van der Waals surface area contributed by atoms with Crippen LogP contribution in [-0.2, 0) is 0 Å². The highest BCUT2D eigenvalue weighted by atomic mass is 79.9. The molecule has 0 atom stereocenters. The zero-order valence-corrected chi connectivity index (χ0v) is 19.3. The van der Waals surface area contributed by atoms with Crippen molar-refractivity contribution in [2.45, 2.75) is 0 Å². The molecule has 0 aliphatic rings. The van der Waals surface area contributed by atoms with Crippen LogP contribution in [0, 0.1) is 0 Å². The summed E-state index contributed by atoms with van der Waals surface area (Å²) in [7, 11) is 0. The lowest BCUT2D eigenvalue weighted by atomic mass is 10.1. The number of hydrogen-bond donors (Lipinski definition) is 5. The summed E-state index contributed by atoms with van der Waals surface area (Å²) in [6.45, 7) is 0. The lowest BCUT2D eigenvalue weighted by Crippen LogP contribution is -2.14. The van der Waals surface area contributed by atoms with Gasteiger partial charge < -0.3 is 20.7 Å². The van der Waals surface area contributed by atoms with Crippen LogP contribution in [0.4, 0.5) is 11.4 Å². The van der Waals surface area contributed by atoms with Crippen molar-refractivity contribution in [1.82, 2.24) is 15.1 Å². The Kier molecular flexibility index (Phi) is 5.67. The average molecular weight is 534 g/mol. The summed E-state index contributed by atoms with van der Waals surface area (Å²) >= 11 is 3.36. The largest absolute Gasteiger partial charge is 0.507 e. The number of carbonyl (C=O) groups excluding carboxylic acids is 2. The molecule has 3 aromatic carbocycles. The Hall–Kier alpha value is -4.64. The summed E-state index contributed by atoms with van der Waals surface area (Å²) in [6.07, 6.45) is 0. The number of para-hydroxylation sites is 2. The van der Waals surface area contributed by atoms with Gasteiger partial charge in [0.05, 0.1) is 22.5 Å². The third-order valence-corrected chi connectivity index (χ3v) is 5.72. The maximum atomic E-state index is 13.1. The van der Waals surface area contributed by atoms with Gasteiger partial charge in [0.2, 0.25) is 0 Å². The molecule has 0 saturated heterocycles. The van der Waals surface area contributed by atoms with Gasteiger partial charge in [-0.3, -0.25) is 19.1 Å². The number of aromatic amines is 2. The van der Waals surface area contributed by atoms with Crippen LogP contribution in [0.5, 0.6) is 5.75 Å². The van der Waals surface area contributed by atoms with E-state index >= 15 is 0 Å². The molecule has 0 bridgehead atoms. The molecular formula is C24H16BrN5O5. The fraction of sp³-hybridized carbons (Fsp3) is 0. The Morgan fingerprint density at radius 1 is 0.914 bits per heavy atom. The summed E-state index contributed by atoms with van der Waals surface area (Å²) in [5, 5.41) is 19.9. The number of fused-ring (bicyclic) bond motifs is 1. The number of halogens is 1. The van der Waals surface area contributed by atoms with Crippen LogP contribution < -0.4 is 16.4 Å². The summed E-state index contributed by atoms with van der Waals surface area (Å²) in [5.41, 5.74) is 2.20. The summed E-state index contributed by atoms with van der Waals surface area (Å²) in [4.78, 5) is 42.6. The van der Waals surface area contributed by atoms with E-state index in [1.807, 2.05) is 0 Å². The molecule has 0 aliphatic carbocycles. The molecule has 2 aromatic heterocycles. The zero-order chi connectivity index (χ0) is 24.5. The van der Waals surface area contributed by atoms with E-state index in [-0.39, 0.29) is 22.8 Å². The second-order valence-corrected chi connectivity index (χ2v) is 8.43. The van der Waals surface area contributed by atoms with E-state index < -0.39 is 17.6 Å². The quantitative estimate of drug-likeness (QED) is 0.224. The van der Waals surface area contributed by atoms with Crippen molar-refractivity contribution in [3.63, 3.8) is 0 Å². The maximum absolute atomic E-state index is 13.1. The fourth-order valence-electron chi connectivity index (χ4n) is 3.59. The molecule has 0 radical (unpaired) electrons. The fourth-order valence-corrected chi connectivity index (χ4v) is 3.96. The van der Waals surface area contributed by atoms with E-state index in [0.717, 1.165) is 0 Å². The third kappa shape index (κ3) is 4.44. The molecule has 0 unspecified atom stereocenters. The second-order valence-electron chi connectivity index (χ2n) is 7.51. The van der Waals surface area contributed by atoms with E-state index in [9.17, 15) is 19.5 Å². The number of aromatic nitrogens is 3. The van der Waals surface area contributed by atoms with Gasteiger partial charge in [0.15, 0.2) is 5.82 Å². The number of aromatic hydroxyl groups is 1. The second kappa shape index (κ2) is 8.95. The third-order valence-electron chi connectivity index (χ3n) is 5.22. The van der Waals surface area contributed by atoms with Crippen LogP contribution in [-0.4, -0.2) is 32.0 Å². The smallest absolute Gasteiger partial charge is 0.439 e. The number of nitrogens with zero attached hydrogens (tertiary/aromatic N) is 1. The Morgan fingerprint density at radius 3 is 2.49 bits per heavy atom. The van der Waals surface area contributed by atoms with Gasteiger partial charge >= 0.3 is 5.76 Å². The molecular weight excluding hydrogens is 518 g/mol. The minimum Gasteiger partial charge on any atom is -0.507 e. The molecule has 5 N–H and O–H groups in total. The Balaban J connectivity index is 1.44. The molecule has 11 heteroatoms. The van der Waals surface area contributed by atoms with E-state index in [1.54, 1.807) is 54.6 Å². The van der Waals surface area contributed by atoms with Crippen molar-refractivity contribution in [3.8, 4) is 17.1 Å². The topological polar surface area (TPSA) is 153 Å². The van der Waals surface area contributed by atoms with Crippen molar-refractivity contribution in [3.05, 3.63) is 93.0 Å². The van der Waals surface area contributed by atoms with Gasteiger partial charge in [-0.05, 0) is 42.5 Å². The van der Waals surface area contributed by atoms with E-state index in [1.165, 1.54) is 12.1 Å². The first kappa shape index (κ1) is 22.2. The van der Waals surface area contributed by atoms with Gasteiger partial charge in [-0.15, -0.1) is 0 Å². The number of rotatable bonds is 5.